The lowest BCUT2D eigenvalue weighted by Gasteiger charge is -1.98. The Morgan fingerprint density at radius 3 is 3.00 bits per heavy atom. The van der Waals surface area contributed by atoms with Crippen LogP contribution in [0.1, 0.15) is 31.1 Å². The molecule has 2 rings (SSSR count). The highest BCUT2D eigenvalue weighted by atomic mass is 16.4. The molecular weight excluding hydrogens is 196 g/mol. The standard InChI is InChI=1S/C9H14N4O2/c1-10-5-4-7(14)11-9-13-12-8(15-9)6-2-3-6/h6,10H,2-5H2,1H3,(H,11,13,14). The second-order valence-electron chi connectivity index (χ2n) is 3.62. The fourth-order valence-corrected chi connectivity index (χ4v) is 1.20. The first kappa shape index (κ1) is 10.1. The molecule has 0 unspecified atom stereocenters. The third-order valence-electron chi connectivity index (χ3n) is 2.22. The Labute approximate surface area is 87.4 Å². The lowest BCUT2D eigenvalue weighted by molar-refractivity contribution is -0.116. The average molecular weight is 210 g/mol. The maximum Gasteiger partial charge on any atom is 0.322 e. The highest BCUT2D eigenvalue weighted by Gasteiger charge is 2.29. The van der Waals surface area contributed by atoms with Gasteiger partial charge < -0.3 is 9.73 Å². The van der Waals surface area contributed by atoms with Gasteiger partial charge in [0.25, 0.3) is 0 Å². The van der Waals surface area contributed by atoms with Crippen molar-refractivity contribution in [2.24, 2.45) is 0 Å². The number of nitrogens with zero attached hydrogens (tertiary/aromatic N) is 2. The number of anilines is 1. The van der Waals surface area contributed by atoms with Crippen LogP contribution in [-0.2, 0) is 4.79 Å². The molecule has 15 heavy (non-hydrogen) atoms. The number of amides is 1. The summed E-state index contributed by atoms with van der Waals surface area (Å²) in [4.78, 5) is 11.3. The SMILES string of the molecule is CNCCC(=O)Nc1nnc(C2CC2)o1. The Morgan fingerprint density at radius 2 is 2.33 bits per heavy atom. The molecule has 0 bridgehead atoms. The maximum absolute atomic E-state index is 11.3. The van der Waals surface area contributed by atoms with E-state index in [-0.39, 0.29) is 11.9 Å². The number of nitrogens with one attached hydrogen (secondary N) is 2. The average Bonchev–Trinajstić information content (AvgIpc) is 2.98. The van der Waals surface area contributed by atoms with E-state index in [1.807, 2.05) is 0 Å². The molecule has 1 aromatic rings. The molecule has 0 radical (unpaired) electrons. The topological polar surface area (TPSA) is 80.0 Å². The largest absolute Gasteiger partial charge is 0.408 e. The van der Waals surface area contributed by atoms with E-state index in [2.05, 4.69) is 20.8 Å². The number of hydrogen-bond acceptors (Lipinski definition) is 5. The molecule has 2 N–H and O–H groups in total. The summed E-state index contributed by atoms with van der Waals surface area (Å²) in [6, 6.07) is 0.206. The van der Waals surface area contributed by atoms with Crippen molar-refractivity contribution in [2.45, 2.75) is 25.2 Å². The van der Waals surface area contributed by atoms with Gasteiger partial charge in [0.15, 0.2) is 0 Å². The number of carbonyl (C=O) groups is 1. The molecule has 1 aliphatic rings. The van der Waals surface area contributed by atoms with Gasteiger partial charge in [-0.15, -0.1) is 5.10 Å². The second-order valence-corrected chi connectivity index (χ2v) is 3.62. The Balaban J connectivity index is 1.84. The van der Waals surface area contributed by atoms with Crippen LogP contribution in [0, 0.1) is 0 Å². The molecule has 1 aromatic heterocycles. The van der Waals surface area contributed by atoms with Crippen LogP contribution in [0.5, 0.6) is 0 Å². The minimum atomic E-state index is -0.115. The predicted molar refractivity (Wildman–Crippen MR) is 53.4 cm³/mol. The number of carbonyl (C=O) groups excluding carboxylic acids is 1. The number of rotatable bonds is 5. The summed E-state index contributed by atoms with van der Waals surface area (Å²) in [5.74, 6) is 0.940. The predicted octanol–water partition coefficient (Wildman–Crippen LogP) is 0.495. The van der Waals surface area contributed by atoms with Gasteiger partial charge in [0.1, 0.15) is 0 Å². The minimum absolute atomic E-state index is 0.115. The van der Waals surface area contributed by atoms with Gasteiger partial charge in [-0.05, 0) is 19.9 Å². The van der Waals surface area contributed by atoms with E-state index < -0.39 is 0 Å². The van der Waals surface area contributed by atoms with Crippen LogP contribution in [0.15, 0.2) is 4.42 Å². The molecule has 1 fully saturated rings. The fourth-order valence-electron chi connectivity index (χ4n) is 1.20. The van der Waals surface area contributed by atoms with Crippen LogP contribution >= 0.6 is 0 Å². The van der Waals surface area contributed by atoms with Gasteiger partial charge in [-0.3, -0.25) is 10.1 Å². The summed E-state index contributed by atoms with van der Waals surface area (Å²) < 4.78 is 5.28. The molecule has 0 spiro atoms. The van der Waals surface area contributed by atoms with Crippen molar-refractivity contribution in [2.75, 3.05) is 18.9 Å². The molecule has 0 atom stereocenters. The van der Waals surface area contributed by atoms with E-state index >= 15 is 0 Å². The zero-order valence-corrected chi connectivity index (χ0v) is 8.62. The van der Waals surface area contributed by atoms with Gasteiger partial charge in [0.05, 0.1) is 0 Å². The van der Waals surface area contributed by atoms with Crippen molar-refractivity contribution in [3.8, 4) is 0 Å². The Hall–Kier alpha value is -1.43. The molecule has 6 nitrogen and oxygen atoms in total. The second kappa shape index (κ2) is 4.39. The first-order valence-corrected chi connectivity index (χ1v) is 5.07. The van der Waals surface area contributed by atoms with Gasteiger partial charge in [0, 0.05) is 18.9 Å². The highest BCUT2D eigenvalue weighted by Crippen LogP contribution is 2.39. The van der Waals surface area contributed by atoms with Gasteiger partial charge in [-0.25, -0.2) is 0 Å². The number of hydrogen-bond donors (Lipinski definition) is 2. The van der Waals surface area contributed by atoms with E-state index in [1.165, 1.54) is 0 Å². The van der Waals surface area contributed by atoms with E-state index in [4.69, 9.17) is 4.42 Å². The molecule has 0 aliphatic heterocycles. The van der Waals surface area contributed by atoms with Crippen LogP contribution in [0.4, 0.5) is 6.01 Å². The van der Waals surface area contributed by atoms with Gasteiger partial charge >= 0.3 is 6.01 Å². The third kappa shape index (κ3) is 2.76. The molecule has 0 saturated heterocycles. The summed E-state index contributed by atoms with van der Waals surface area (Å²) in [6.07, 6.45) is 2.61. The molecule has 0 aromatic carbocycles. The lowest BCUT2D eigenvalue weighted by atomic mass is 10.4. The van der Waals surface area contributed by atoms with Crippen LogP contribution in [-0.4, -0.2) is 29.7 Å². The quantitative estimate of drug-likeness (QED) is 0.739. The zero-order chi connectivity index (χ0) is 10.7. The monoisotopic (exact) mass is 210 g/mol. The Bertz CT molecular complexity index is 346. The summed E-state index contributed by atoms with van der Waals surface area (Å²) in [5, 5.41) is 13.1. The zero-order valence-electron chi connectivity index (χ0n) is 8.62. The van der Waals surface area contributed by atoms with Crippen molar-refractivity contribution in [3.05, 3.63) is 5.89 Å². The van der Waals surface area contributed by atoms with E-state index in [9.17, 15) is 4.79 Å². The first-order chi connectivity index (χ1) is 7.29. The maximum atomic E-state index is 11.3. The van der Waals surface area contributed by atoms with E-state index in [1.54, 1.807) is 7.05 Å². The smallest absolute Gasteiger partial charge is 0.322 e. The van der Waals surface area contributed by atoms with Crippen molar-refractivity contribution < 1.29 is 9.21 Å². The first-order valence-electron chi connectivity index (χ1n) is 5.07. The molecule has 1 saturated carbocycles. The Morgan fingerprint density at radius 1 is 1.53 bits per heavy atom. The molecular formula is C9H14N4O2. The summed E-state index contributed by atoms with van der Waals surface area (Å²) in [6.45, 7) is 0.634. The third-order valence-corrected chi connectivity index (χ3v) is 2.22. The van der Waals surface area contributed by atoms with Crippen molar-refractivity contribution >= 4 is 11.9 Å². The van der Waals surface area contributed by atoms with Crippen molar-refractivity contribution in [3.63, 3.8) is 0 Å². The molecule has 1 heterocycles. The molecule has 82 valence electrons. The van der Waals surface area contributed by atoms with Gasteiger partial charge in [-0.2, -0.15) is 0 Å². The van der Waals surface area contributed by atoms with Crippen LogP contribution in [0.25, 0.3) is 0 Å². The number of aromatic nitrogens is 2. The molecule has 6 heteroatoms. The van der Waals surface area contributed by atoms with Crippen molar-refractivity contribution in [1.29, 1.82) is 0 Å². The minimum Gasteiger partial charge on any atom is -0.408 e. The molecule has 1 amide bonds. The Kier molecular flexibility index (Phi) is 2.96. The van der Waals surface area contributed by atoms with Crippen LogP contribution in [0.3, 0.4) is 0 Å². The van der Waals surface area contributed by atoms with Crippen molar-refractivity contribution in [1.82, 2.24) is 15.5 Å². The normalized spacial score (nSPS) is 15.3. The molecule has 1 aliphatic carbocycles. The van der Waals surface area contributed by atoms with Gasteiger partial charge in [-0.1, -0.05) is 5.10 Å². The van der Waals surface area contributed by atoms with E-state index in [0.717, 1.165) is 12.8 Å². The van der Waals surface area contributed by atoms with Gasteiger partial charge in [0.2, 0.25) is 11.8 Å². The highest BCUT2D eigenvalue weighted by molar-refractivity contribution is 5.88. The summed E-state index contributed by atoms with van der Waals surface area (Å²) in [7, 11) is 1.80. The van der Waals surface area contributed by atoms with E-state index in [0.29, 0.717) is 24.8 Å². The fraction of sp³-hybridized carbons (Fsp3) is 0.667. The summed E-state index contributed by atoms with van der Waals surface area (Å²) >= 11 is 0. The summed E-state index contributed by atoms with van der Waals surface area (Å²) in [5.41, 5.74) is 0. The lowest BCUT2D eigenvalue weighted by Crippen LogP contribution is -2.18. The van der Waals surface area contributed by atoms with Crippen LogP contribution < -0.4 is 10.6 Å². The van der Waals surface area contributed by atoms with Crippen LogP contribution in [0.2, 0.25) is 0 Å².